The number of benzene rings is 1. The van der Waals surface area contributed by atoms with Crippen molar-refractivity contribution in [2.45, 2.75) is 64.7 Å². The van der Waals surface area contributed by atoms with Crippen molar-refractivity contribution in [3.05, 3.63) is 34.5 Å². The van der Waals surface area contributed by atoms with Gasteiger partial charge in [-0.15, -0.1) is 11.3 Å². The van der Waals surface area contributed by atoms with Gasteiger partial charge >= 0.3 is 0 Å². The van der Waals surface area contributed by atoms with Crippen LogP contribution in [-0.4, -0.2) is 0 Å². The van der Waals surface area contributed by atoms with Crippen molar-refractivity contribution in [1.29, 1.82) is 0 Å². The second-order valence-electron chi connectivity index (χ2n) is 6.47. The fourth-order valence-corrected chi connectivity index (χ4v) is 5.04. The van der Waals surface area contributed by atoms with Crippen LogP contribution in [0.5, 0.6) is 0 Å². The number of fused-ring (bicyclic) bond motifs is 1. The third kappa shape index (κ3) is 3.01. The first-order chi connectivity index (χ1) is 10.2. The van der Waals surface area contributed by atoms with Gasteiger partial charge in [-0.05, 0) is 61.0 Å². The van der Waals surface area contributed by atoms with E-state index in [-0.39, 0.29) is 5.82 Å². The summed E-state index contributed by atoms with van der Waals surface area (Å²) < 4.78 is 15.3. The molecule has 0 saturated heterocycles. The van der Waals surface area contributed by atoms with Crippen LogP contribution in [0.2, 0.25) is 0 Å². The lowest BCUT2D eigenvalue weighted by Gasteiger charge is -2.27. The van der Waals surface area contributed by atoms with Gasteiger partial charge in [0.25, 0.3) is 0 Å². The van der Waals surface area contributed by atoms with E-state index in [9.17, 15) is 4.39 Å². The van der Waals surface area contributed by atoms with Crippen molar-refractivity contribution in [2.24, 2.45) is 5.92 Å². The second-order valence-corrected chi connectivity index (χ2v) is 7.55. The molecule has 0 amide bonds. The number of halogens is 1. The van der Waals surface area contributed by atoms with E-state index in [1.165, 1.54) is 43.4 Å². The van der Waals surface area contributed by atoms with Crippen LogP contribution in [0.25, 0.3) is 10.1 Å². The summed E-state index contributed by atoms with van der Waals surface area (Å²) in [6.45, 7) is 4.31. The van der Waals surface area contributed by atoms with E-state index in [1.807, 2.05) is 13.0 Å². The summed E-state index contributed by atoms with van der Waals surface area (Å²) in [7, 11) is 0. The molecule has 1 aliphatic carbocycles. The molecule has 0 unspecified atom stereocenters. The molecule has 2 aromatic rings. The van der Waals surface area contributed by atoms with Crippen LogP contribution in [-0.2, 0) is 6.42 Å². The largest absolute Gasteiger partial charge is 0.205 e. The number of rotatable bonds is 4. The molecule has 0 spiro atoms. The van der Waals surface area contributed by atoms with Crippen LogP contribution >= 0.6 is 11.3 Å². The highest BCUT2D eigenvalue weighted by Crippen LogP contribution is 2.42. The van der Waals surface area contributed by atoms with E-state index in [1.54, 1.807) is 11.3 Å². The Labute approximate surface area is 131 Å². The van der Waals surface area contributed by atoms with E-state index >= 15 is 0 Å². The molecule has 1 aliphatic rings. The van der Waals surface area contributed by atoms with Crippen molar-refractivity contribution in [2.75, 3.05) is 0 Å². The Morgan fingerprint density at radius 2 is 1.90 bits per heavy atom. The van der Waals surface area contributed by atoms with Gasteiger partial charge in [0.2, 0.25) is 0 Å². The third-order valence-corrected chi connectivity index (χ3v) is 6.36. The minimum absolute atomic E-state index is 0.0194. The average molecular weight is 304 g/mol. The normalized spacial score (nSPS) is 22.8. The van der Waals surface area contributed by atoms with Crippen LogP contribution in [0, 0.1) is 11.7 Å². The first-order valence-corrected chi connectivity index (χ1v) is 9.25. The molecule has 0 atom stereocenters. The Bertz CT molecular complexity index is 605. The van der Waals surface area contributed by atoms with Gasteiger partial charge in [0.05, 0.1) is 4.70 Å². The van der Waals surface area contributed by atoms with Crippen LogP contribution in [0.1, 0.15) is 68.7 Å². The smallest absolute Gasteiger partial charge is 0.144 e. The predicted molar refractivity (Wildman–Crippen MR) is 90.8 cm³/mol. The van der Waals surface area contributed by atoms with Gasteiger partial charge in [-0.25, -0.2) is 4.39 Å². The zero-order valence-electron chi connectivity index (χ0n) is 13.1. The minimum Gasteiger partial charge on any atom is -0.205 e. The Kier molecular flexibility index (Phi) is 4.63. The molecule has 0 nitrogen and oxygen atoms in total. The van der Waals surface area contributed by atoms with Gasteiger partial charge in [0, 0.05) is 4.88 Å². The van der Waals surface area contributed by atoms with E-state index in [0.717, 1.165) is 28.0 Å². The number of hydrogen-bond donors (Lipinski definition) is 0. The zero-order valence-corrected chi connectivity index (χ0v) is 13.9. The van der Waals surface area contributed by atoms with Gasteiger partial charge in [0.1, 0.15) is 5.82 Å². The topological polar surface area (TPSA) is 0 Å². The fraction of sp³-hybridized carbons (Fsp3) is 0.579. The molecule has 1 fully saturated rings. The van der Waals surface area contributed by atoms with Crippen molar-refractivity contribution in [3.63, 3.8) is 0 Å². The highest BCUT2D eigenvalue weighted by molar-refractivity contribution is 7.19. The van der Waals surface area contributed by atoms with Crippen molar-refractivity contribution < 1.29 is 4.39 Å². The summed E-state index contributed by atoms with van der Waals surface area (Å²) in [5.74, 6) is 1.62. The van der Waals surface area contributed by atoms with Gasteiger partial charge in [-0.3, -0.25) is 0 Å². The summed E-state index contributed by atoms with van der Waals surface area (Å²) >= 11 is 1.70. The second kappa shape index (κ2) is 6.48. The molecular weight excluding hydrogens is 279 g/mol. The molecule has 2 heteroatoms. The maximum atomic E-state index is 14.4. The molecule has 0 radical (unpaired) electrons. The number of thiophene rings is 1. The van der Waals surface area contributed by atoms with Gasteiger partial charge < -0.3 is 0 Å². The fourth-order valence-electron chi connectivity index (χ4n) is 3.75. The van der Waals surface area contributed by atoms with Crippen molar-refractivity contribution >= 4 is 21.4 Å². The number of aryl methyl sites for hydroxylation is 1. The first-order valence-electron chi connectivity index (χ1n) is 8.43. The molecule has 3 rings (SSSR count). The minimum atomic E-state index is 0.0194. The summed E-state index contributed by atoms with van der Waals surface area (Å²) in [5, 5.41) is 1.10. The van der Waals surface area contributed by atoms with Gasteiger partial charge in [-0.2, -0.15) is 0 Å². The Morgan fingerprint density at radius 3 is 2.57 bits per heavy atom. The van der Waals surface area contributed by atoms with Crippen LogP contribution < -0.4 is 0 Å². The Morgan fingerprint density at radius 1 is 1.14 bits per heavy atom. The molecule has 0 bridgehead atoms. The average Bonchev–Trinajstić information content (AvgIpc) is 2.94. The third-order valence-electron chi connectivity index (χ3n) is 5.05. The maximum Gasteiger partial charge on any atom is 0.144 e. The molecule has 1 aromatic carbocycles. The molecule has 1 heterocycles. The monoisotopic (exact) mass is 304 g/mol. The van der Waals surface area contributed by atoms with Crippen LogP contribution in [0.4, 0.5) is 4.39 Å². The lowest BCUT2D eigenvalue weighted by molar-refractivity contribution is 0.310. The maximum absolute atomic E-state index is 14.4. The van der Waals surface area contributed by atoms with E-state index in [2.05, 4.69) is 19.1 Å². The Hall–Kier alpha value is -0.890. The standard InChI is InChI=1S/C19H25FS/c1-3-5-13-6-8-15(9-7-13)17-12-16-11-10-14(4-2)18(20)19(16)21-17/h10-13,15H,3-9H2,1-2H3. The van der Waals surface area contributed by atoms with Crippen LogP contribution in [0.3, 0.4) is 0 Å². The first kappa shape index (κ1) is 15.0. The molecule has 1 aromatic heterocycles. The van der Waals surface area contributed by atoms with Gasteiger partial charge in [-0.1, -0.05) is 38.8 Å². The Balaban J connectivity index is 1.81. The zero-order chi connectivity index (χ0) is 14.8. The molecular formula is C19H25FS. The summed E-state index contributed by atoms with van der Waals surface area (Å²) in [6, 6.07) is 6.29. The molecule has 21 heavy (non-hydrogen) atoms. The van der Waals surface area contributed by atoms with E-state index in [0.29, 0.717) is 5.92 Å². The predicted octanol–water partition coefficient (Wildman–Crippen LogP) is 6.68. The molecule has 1 saturated carbocycles. The SMILES string of the molecule is CCCC1CCC(c2cc3ccc(CC)c(F)c3s2)CC1. The van der Waals surface area contributed by atoms with Gasteiger partial charge in [0.15, 0.2) is 0 Å². The van der Waals surface area contributed by atoms with Crippen LogP contribution in [0.15, 0.2) is 18.2 Å². The molecule has 0 N–H and O–H groups in total. The number of hydrogen-bond acceptors (Lipinski definition) is 1. The quantitative estimate of drug-likeness (QED) is 0.591. The van der Waals surface area contributed by atoms with E-state index in [4.69, 9.17) is 0 Å². The highest BCUT2D eigenvalue weighted by atomic mass is 32.1. The van der Waals surface area contributed by atoms with Crippen molar-refractivity contribution in [1.82, 2.24) is 0 Å². The lowest BCUT2D eigenvalue weighted by atomic mass is 9.79. The summed E-state index contributed by atoms with van der Waals surface area (Å²) in [5.41, 5.74) is 0.850. The molecule has 0 aliphatic heterocycles. The lowest BCUT2D eigenvalue weighted by Crippen LogP contribution is -2.12. The summed E-state index contributed by atoms with van der Waals surface area (Å²) in [6.07, 6.45) is 8.76. The molecule has 114 valence electrons. The van der Waals surface area contributed by atoms with Crippen molar-refractivity contribution in [3.8, 4) is 0 Å². The highest BCUT2D eigenvalue weighted by Gasteiger charge is 2.23. The van der Waals surface area contributed by atoms with E-state index < -0.39 is 0 Å². The summed E-state index contributed by atoms with van der Waals surface area (Å²) in [4.78, 5) is 1.41.